The summed E-state index contributed by atoms with van der Waals surface area (Å²) in [7, 11) is 1.55. The molecule has 2 heterocycles. The standard InChI is InChI=1S/C31H20BrCl2N3O4/c1-39-27-15-21(32)12-20(29(27)40-17-18-6-2-4-8-24(18)34)16-35-37-30(36-25-9-5-3-7-23(25)31(37)38)28-14-19-13-22(33)10-11-26(19)41-28/h2-16H,17H2,1H3. The van der Waals surface area contributed by atoms with Gasteiger partial charge in [-0.2, -0.15) is 9.78 Å². The molecule has 2 aromatic heterocycles. The average Bonchev–Trinajstić information content (AvgIpc) is 3.39. The molecule has 4 aromatic carbocycles. The molecule has 41 heavy (non-hydrogen) atoms. The van der Waals surface area contributed by atoms with Crippen LogP contribution in [0.15, 0.2) is 104 Å². The van der Waals surface area contributed by atoms with Crippen LogP contribution in [0.1, 0.15) is 11.1 Å². The summed E-state index contributed by atoms with van der Waals surface area (Å²) in [4.78, 5) is 18.4. The Morgan fingerprint density at radius 2 is 1.83 bits per heavy atom. The van der Waals surface area contributed by atoms with Gasteiger partial charge in [0.25, 0.3) is 5.56 Å². The number of halogens is 3. The third kappa shape index (κ3) is 5.46. The van der Waals surface area contributed by atoms with E-state index in [2.05, 4.69) is 21.0 Å². The van der Waals surface area contributed by atoms with Crippen LogP contribution < -0.4 is 15.0 Å². The van der Waals surface area contributed by atoms with E-state index in [-0.39, 0.29) is 18.0 Å². The molecule has 0 aliphatic carbocycles. The van der Waals surface area contributed by atoms with Gasteiger partial charge in [-0.05, 0) is 54.6 Å². The molecule has 0 N–H and O–H groups in total. The number of aromatic nitrogens is 2. The normalized spacial score (nSPS) is 11.5. The minimum Gasteiger partial charge on any atom is -0.493 e. The molecule has 0 aliphatic rings. The Balaban J connectivity index is 1.48. The van der Waals surface area contributed by atoms with E-state index in [0.29, 0.717) is 49.4 Å². The van der Waals surface area contributed by atoms with Crippen molar-refractivity contribution in [1.82, 2.24) is 9.66 Å². The Kier molecular flexibility index (Phi) is 7.53. The number of ether oxygens (including phenoxy) is 2. The average molecular weight is 649 g/mol. The van der Waals surface area contributed by atoms with Crippen LogP contribution >= 0.6 is 39.1 Å². The van der Waals surface area contributed by atoms with Crippen LogP contribution in [0.2, 0.25) is 10.0 Å². The van der Waals surface area contributed by atoms with Gasteiger partial charge in [-0.1, -0.05) is 69.5 Å². The van der Waals surface area contributed by atoms with E-state index in [0.717, 1.165) is 15.4 Å². The van der Waals surface area contributed by atoms with Gasteiger partial charge in [0, 0.05) is 31.0 Å². The number of rotatable bonds is 7. The summed E-state index contributed by atoms with van der Waals surface area (Å²) in [5.74, 6) is 1.51. The van der Waals surface area contributed by atoms with Crippen LogP contribution in [0.25, 0.3) is 33.5 Å². The SMILES string of the molecule is COc1cc(Br)cc(C=Nn2c(-c3cc4cc(Cl)ccc4o3)nc3ccccc3c2=O)c1OCc1ccccc1Cl. The van der Waals surface area contributed by atoms with E-state index < -0.39 is 0 Å². The van der Waals surface area contributed by atoms with Gasteiger partial charge in [-0.15, -0.1) is 0 Å². The minimum absolute atomic E-state index is 0.197. The Labute approximate surface area is 252 Å². The third-order valence-electron chi connectivity index (χ3n) is 6.36. The van der Waals surface area contributed by atoms with E-state index in [9.17, 15) is 4.79 Å². The van der Waals surface area contributed by atoms with Crippen LogP contribution in [0.5, 0.6) is 11.5 Å². The van der Waals surface area contributed by atoms with E-state index in [1.54, 1.807) is 61.7 Å². The van der Waals surface area contributed by atoms with E-state index in [4.69, 9.17) is 42.1 Å². The Hall–Kier alpha value is -4.11. The van der Waals surface area contributed by atoms with Crippen LogP contribution in [0.3, 0.4) is 0 Å². The smallest absolute Gasteiger partial charge is 0.282 e. The van der Waals surface area contributed by atoms with Crippen LogP contribution in [-0.2, 0) is 6.61 Å². The highest BCUT2D eigenvalue weighted by Crippen LogP contribution is 2.35. The van der Waals surface area contributed by atoms with Crippen molar-refractivity contribution in [2.45, 2.75) is 6.61 Å². The summed E-state index contributed by atoms with van der Waals surface area (Å²) in [5.41, 5.74) is 2.13. The summed E-state index contributed by atoms with van der Waals surface area (Å²) in [6.07, 6.45) is 1.52. The second kappa shape index (κ2) is 11.4. The molecule has 0 bridgehead atoms. The zero-order valence-electron chi connectivity index (χ0n) is 21.5. The lowest BCUT2D eigenvalue weighted by molar-refractivity contribution is 0.284. The van der Waals surface area contributed by atoms with Gasteiger partial charge in [-0.25, -0.2) is 4.98 Å². The molecular weight excluding hydrogens is 629 g/mol. The maximum Gasteiger partial charge on any atom is 0.282 e. The monoisotopic (exact) mass is 647 g/mol. The Morgan fingerprint density at radius 3 is 2.66 bits per heavy atom. The van der Waals surface area contributed by atoms with Gasteiger partial charge < -0.3 is 13.9 Å². The van der Waals surface area contributed by atoms with Gasteiger partial charge in [0.2, 0.25) is 5.82 Å². The maximum absolute atomic E-state index is 13.7. The fourth-order valence-corrected chi connectivity index (χ4v) is 5.22. The summed E-state index contributed by atoms with van der Waals surface area (Å²) >= 11 is 16.0. The van der Waals surface area contributed by atoms with E-state index in [1.165, 1.54) is 10.9 Å². The number of nitrogens with zero attached hydrogens (tertiary/aromatic N) is 3. The molecule has 204 valence electrons. The molecule has 7 nitrogen and oxygen atoms in total. The lowest BCUT2D eigenvalue weighted by Crippen LogP contribution is -2.20. The Morgan fingerprint density at radius 1 is 1.02 bits per heavy atom. The second-order valence-electron chi connectivity index (χ2n) is 9.01. The Bertz CT molecular complexity index is 2020. The number of hydrogen-bond acceptors (Lipinski definition) is 6. The molecule has 6 aromatic rings. The minimum atomic E-state index is -0.360. The second-order valence-corrected chi connectivity index (χ2v) is 10.8. The molecule has 0 spiro atoms. The molecule has 0 radical (unpaired) electrons. The van der Waals surface area contributed by atoms with Gasteiger partial charge in [-0.3, -0.25) is 4.79 Å². The van der Waals surface area contributed by atoms with Crippen LogP contribution in [0.4, 0.5) is 0 Å². The summed E-state index contributed by atoms with van der Waals surface area (Å²) < 4.78 is 19.8. The molecule has 0 aliphatic heterocycles. The topological polar surface area (TPSA) is 78.9 Å². The highest BCUT2D eigenvalue weighted by molar-refractivity contribution is 9.10. The number of para-hydroxylation sites is 1. The predicted octanol–water partition coefficient (Wildman–Crippen LogP) is 8.35. The summed E-state index contributed by atoms with van der Waals surface area (Å²) in [5, 5.41) is 6.93. The first-order valence-electron chi connectivity index (χ1n) is 12.4. The van der Waals surface area contributed by atoms with Gasteiger partial charge in [0.05, 0.1) is 24.2 Å². The number of furan rings is 1. The molecule has 0 saturated carbocycles. The molecule has 0 atom stereocenters. The number of fused-ring (bicyclic) bond motifs is 2. The zero-order chi connectivity index (χ0) is 28.5. The molecule has 0 unspecified atom stereocenters. The molecule has 6 rings (SSSR count). The first-order valence-corrected chi connectivity index (χ1v) is 14.0. The third-order valence-corrected chi connectivity index (χ3v) is 7.42. The number of hydrogen-bond donors (Lipinski definition) is 0. The molecule has 0 fully saturated rings. The van der Waals surface area contributed by atoms with Crippen molar-refractivity contribution in [3.63, 3.8) is 0 Å². The predicted molar refractivity (Wildman–Crippen MR) is 166 cm³/mol. The van der Waals surface area contributed by atoms with Crippen molar-refractivity contribution in [3.05, 3.63) is 121 Å². The maximum atomic E-state index is 13.7. The van der Waals surface area contributed by atoms with E-state index >= 15 is 0 Å². The van der Waals surface area contributed by atoms with Crippen molar-refractivity contribution < 1.29 is 13.9 Å². The van der Waals surface area contributed by atoms with Crippen molar-refractivity contribution >= 4 is 67.2 Å². The highest BCUT2D eigenvalue weighted by atomic mass is 79.9. The molecule has 0 saturated heterocycles. The zero-order valence-corrected chi connectivity index (χ0v) is 24.6. The molecular formula is C31H20BrCl2N3O4. The van der Waals surface area contributed by atoms with Crippen LogP contribution in [0, 0.1) is 0 Å². The van der Waals surface area contributed by atoms with Gasteiger partial charge in [0.1, 0.15) is 12.2 Å². The van der Waals surface area contributed by atoms with Gasteiger partial charge >= 0.3 is 0 Å². The lowest BCUT2D eigenvalue weighted by Gasteiger charge is -2.15. The van der Waals surface area contributed by atoms with Crippen molar-refractivity contribution in [2.75, 3.05) is 7.11 Å². The van der Waals surface area contributed by atoms with Gasteiger partial charge in [0.15, 0.2) is 17.3 Å². The fraction of sp³-hybridized carbons (Fsp3) is 0.0645. The fourth-order valence-electron chi connectivity index (χ4n) is 4.39. The highest BCUT2D eigenvalue weighted by Gasteiger charge is 2.18. The lowest BCUT2D eigenvalue weighted by atomic mass is 10.2. The first-order chi connectivity index (χ1) is 19.9. The van der Waals surface area contributed by atoms with E-state index in [1.807, 2.05) is 30.3 Å². The molecule has 0 amide bonds. The summed E-state index contributed by atoms with van der Waals surface area (Å²) in [6, 6.07) is 25.2. The van der Waals surface area contributed by atoms with Crippen LogP contribution in [-0.4, -0.2) is 23.0 Å². The first kappa shape index (κ1) is 27.1. The molecule has 10 heteroatoms. The van der Waals surface area contributed by atoms with Crippen molar-refractivity contribution in [2.24, 2.45) is 5.10 Å². The summed E-state index contributed by atoms with van der Waals surface area (Å²) in [6.45, 7) is 0.197. The number of methoxy groups -OCH3 is 1. The largest absolute Gasteiger partial charge is 0.493 e. The number of benzene rings is 4. The quantitative estimate of drug-likeness (QED) is 0.163. The van der Waals surface area contributed by atoms with Crippen molar-refractivity contribution in [3.8, 4) is 23.1 Å². The van der Waals surface area contributed by atoms with Crippen molar-refractivity contribution in [1.29, 1.82) is 0 Å².